The highest BCUT2D eigenvalue weighted by Crippen LogP contribution is 2.45. The van der Waals surface area contributed by atoms with Gasteiger partial charge in [-0.1, -0.05) is 0 Å². The zero-order valence-corrected chi connectivity index (χ0v) is 15.6. The molecule has 0 saturated heterocycles. The molecule has 2 aliphatic rings. The minimum absolute atomic E-state index is 0.272. The number of methoxy groups -OCH3 is 4. The van der Waals surface area contributed by atoms with E-state index in [0.29, 0.717) is 49.4 Å². The van der Waals surface area contributed by atoms with E-state index in [1.165, 1.54) is 0 Å². The maximum absolute atomic E-state index is 6.05. The van der Waals surface area contributed by atoms with Gasteiger partial charge in [-0.05, 0) is 0 Å². The van der Waals surface area contributed by atoms with Crippen molar-refractivity contribution in [3.63, 3.8) is 0 Å². The lowest BCUT2D eigenvalue weighted by Gasteiger charge is -2.37. The molecule has 1 aromatic rings. The van der Waals surface area contributed by atoms with Crippen LogP contribution in [0.1, 0.15) is 0 Å². The van der Waals surface area contributed by atoms with Crippen LogP contribution in [0.25, 0.3) is 0 Å². The van der Waals surface area contributed by atoms with E-state index < -0.39 is 0 Å². The Balaban J connectivity index is 1.85. The summed E-state index contributed by atoms with van der Waals surface area (Å²) >= 11 is 0. The molecule has 2 aliphatic heterocycles. The van der Waals surface area contributed by atoms with Gasteiger partial charge in [0.05, 0.1) is 26.4 Å². The van der Waals surface area contributed by atoms with Crippen molar-refractivity contribution in [3.8, 4) is 23.0 Å². The molecule has 8 nitrogen and oxygen atoms in total. The first-order valence-electron chi connectivity index (χ1n) is 8.50. The van der Waals surface area contributed by atoms with Gasteiger partial charge in [0, 0.05) is 40.6 Å². The molecule has 0 radical (unpaired) electrons. The predicted octanol–water partition coefficient (Wildman–Crippen LogP) is 1.29. The molecule has 146 valence electrons. The number of fused-ring (bicyclic) bond motifs is 2. The molecule has 0 saturated carbocycles. The fraction of sp³-hybridized carbons (Fsp3) is 0.667. The molecule has 3 rings (SSSR count). The molecule has 0 spiro atoms. The monoisotopic (exact) mass is 370 g/mol. The smallest absolute Gasteiger partial charge is 0.165 e. The summed E-state index contributed by atoms with van der Waals surface area (Å²) in [5.41, 5.74) is 0. The summed E-state index contributed by atoms with van der Waals surface area (Å²) in [4.78, 5) is 0. The van der Waals surface area contributed by atoms with Crippen LogP contribution in [0.15, 0.2) is 12.1 Å². The van der Waals surface area contributed by atoms with E-state index in [-0.39, 0.29) is 24.4 Å². The molecule has 0 bridgehead atoms. The van der Waals surface area contributed by atoms with Gasteiger partial charge >= 0.3 is 0 Å². The Hall–Kier alpha value is -1.74. The van der Waals surface area contributed by atoms with E-state index in [2.05, 4.69) is 0 Å². The van der Waals surface area contributed by atoms with Gasteiger partial charge in [0.25, 0.3) is 0 Å². The molecule has 0 aromatic heterocycles. The zero-order valence-electron chi connectivity index (χ0n) is 15.6. The largest absolute Gasteiger partial charge is 0.480 e. The summed E-state index contributed by atoms with van der Waals surface area (Å²) in [6, 6.07) is 3.56. The lowest BCUT2D eigenvalue weighted by molar-refractivity contribution is -0.0595. The molecule has 4 atom stereocenters. The minimum Gasteiger partial charge on any atom is -0.480 e. The van der Waals surface area contributed by atoms with Gasteiger partial charge in [-0.3, -0.25) is 0 Å². The minimum atomic E-state index is -0.272. The van der Waals surface area contributed by atoms with Crippen LogP contribution in [0.3, 0.4) is 0 Å². The van der Waals surface area contributed by atoms with Crippen molar-refractivity contribution >= 4 is 0 Å². The summed E-state index contributed by atoms with van der Waals surface area (Å²) in [5.74, 6) is 2.34. The Morgan fingerprint density at radius 3 is 0.962 bits per heavy atom. The van der Waals surface area contributed by atoms with Gasteiger partial charge < -0.3 is 37.9 Å². The van der Waals surface area contributed by atoms with Crippen LogP contribution in [0.2, 0.25) is 0 Å². The maximum atomic E-state index is 6.05. The molecule has 2 heterocycles. The van der Waals surface area contributed by atoms with E-state index in [9.17, 15) is 0 Å². The molecule has 8 heteroatoms. The van der Waals surface area contributed by atoms with Crippen LogP contribution in [-0.4, -0.2) is 79.3 Å². The van der Waals surface area contributed by atoms with Crippen molar-refractivity contribution in [1.82, 2.24) is 0 Å². The average Bonchev–Trinajstić information content (AvgIpc) is 2.62. The Labute approximate surface area is 153 Å². The van der Waals surface area contributed by atoms with Crippen LogP contribution >= 0.6 is 0 Å². The van der Waals surface area contributed by atoms with Crippen LogP contribution < -0.4 is 18.9 Å². The number of benzene rings is 1. The Morgan fingerprint density at radius 1 is 0.538 bits per heavy atom. The van der Waals surface area contributed by atoms with Gasteiger partial charge in [-0.2, -0.15) is 0 Å². The van der Waals surface area contributed by atoms with E-state index >= 15 is 0 Å². The highest BCUT2D eigenvalue weighted by Gasteiger charge is 2.37. The van der Waals surface area contributed by atoms with Gasteiger partial charge in [-0.15, -0.1) is 0 Å². The third kappa shape index (κ3) is 3.98. The topological polar surface area (TPSA) is 73.8 Å². The molecule has 0 N–H and O–H groups in total. The van der Waals surface area contributed by atoms with E-state index in [0.717, 1.165) is 0 Å². The van der Waals surface area contributed by atoms with Crippen molar-refractivity contribution in [2.24, 2.45) is 0 Å². The van der Waals surface area contributed by atoms with Crippen molar-refractivity contribution in [1.29, 1.82) is 0 Å². The molecule has 0 aliphatic carbocycles. The number of hydrogen-bond donors (Lipinski definition) is 0. The van der Waals surface area contributed by atoms with E-state index in [1.807, 2.05) is 0 Å². The molecule has 0 fully saturated rings. The molecule has 0 amide bonds. The van der Waals surface area contributed by atoms with Gasteiger partial charge in [-0.25, -0.2) is 0 Å². The van der Waals surface area contributed by atoms with Gasteiger partial charge in [0.1, 0.15) is 0 Å². The summed E-state index contributed by atoms with van der Waals surface area (Å²) in [6.45, 7) is 1.57. The second-order valence-electron chi connectivity index (χ2n) is 6.19. The molecular formula is C18H26O8. The lowest BCUT2D eigenvalue weighted by atomic mass is 10.1. The third-order valence-corrected chi connectivity index (χ3v) is 4.28. The van der Waals surface area contributed by atoms with Crippen LogP contribution in [0, 0.1) is 0 Å². The van der Waals surface area contributed by atoms with Crippen LogP contribution in [-0.2, 0) is 18.9 Å². The quantitative estimate of drug-likeness (QED) is 0.678. The highest BCUT2D eigenvalue weighted by atomic mass is 16.6. The standard InChI is InChI=1S/C18H26O8/c1-19-7-15-16(8-20-2)24-12-6-14-13(5-11(12)23-15)25-17(9-21-3)18(26-14)10-22-4/h5-6,15-18H,7-10H2,1-4H3/t15-,16-,17-,18-/m1/s1. The third-order valence-electron chi connectivity index (χ3n) is 4.28. The Morgan fingerprint density at radius 2 is 0.769 bits per heavy atom. The van der Waals surface area contributed by atoms with Crippen molar-refractivity contribution in [3.05, 3.63) is 12.1 Å². The molecule has 0 unspecified atom stereocenters. The van der Waals surface area contributed by atoms with Crippen LogP contribution in [0.4, 0.5) is 0 Å². The zero-order chi connectivity index (χ0) is 18.5. The molecule has 26 heavy (non-hydrogen) atoms. The lowest BCUT2D eigenvalue weighted by Crippen LogP contribution is -2.46. The summed E-state index contributed by atoms with van der Waals surface area (Å²) in [6.07, 6.45) is -1.09. The Kier molecular flexibility index (Phi) is 6.42. The number of hydrogen-bond acceptors (Lipinski definition) is 8. The van der Waals surface area contributed by atoms with Crippen molar-refractivity contribution in [2.45, 2.75) is 24.4 Å². The summed E-state index contributed by atoms with van der Waals surface area (Å²) in [7, 11) is 6.49. The number of rotatable bonds is 8. The van der Waals surface area contributed by atoms with E-state index in [1.54, 1.807) is 40.6 Å². The summed E-state index contributed by atoms with van der Waals surface area (Å²) in [5, 5.41) is 0. The summed E-state index contributed by atoms with van der Waals surface area (Å²) < 4.78 is 45.1. The van der Waals surface area contributed by atoms with E-state index in [4.69, 9.17) is 37.9 Å². The van der Waals surface area contributed by atoms with Gasteiger partial charge in [0.15, 0.2) is 47.4 Å². The average molecular weight is 370 g/mol. The fourth-order valence-corrected chi connectivity index (χ4v) is 3.07. The SMILES string of the molecule is COC[C@H]1Oc2cc3c(cc2O[C@@H]1COC)O[C@H](COC)[C@@H](COC)O3. The second kappa shape index (κ2) is 8.77. The van der Waals surface area contributed by atoms with Crippen molar-refractivity contribution < 1.29 is 37.9 Å². The maximum Gasteiger partial charge on any atom is 0.165 e. The molecule has 1 aromatic carbocycles. The molecular weight excluding hydrogens is 344 g/mol. The van der Waals surface area contributed by atoms with Gasteiger partial charge in [0.2, 0.25) is 0 Å². The van der Waals surface area contributed by atoms with Crippen LogP contribution in [0.5, 0.6) is 23.0 Å². The second-order valence-corrected chi connectivity index (χ2v) is 6.19. The Bertz CT molecular complexity index is 495. The first kappa shape index (κ1) is 19.0. The normalized spacial score (nSPS) is 26.6. The van der Waals surface area contributed by atoms with Crippen molar-refractivity contribution in [2.75, 3.05) is 54.9 Å². The predicted molar refractivity (Wildman–Crippen MR) is 91.6 cm³/mol. The fourth-order valence-electron chi connectivity index (χ4n) is 3.07. The number of ether oxygens (including phenoxy) is 8. The first-order chi connectivity index (χ1) is 12.7. The first-order valence-corrected chi connectivity index (χ1v) is 8.50. The highest BCUT2D eigenvalue weighted by molar-refractivity contribution is 5.56.